The van der Waals surface area contributed by atoms with Gasteiger partial charge in [0.05, 0.1) is 18.1 Å². The summed E-state index contributed by atoms with van der Waals surface area (Å²) in [5.74, 6) is -1.07. The predicted octanol–water partition coefficient (Wildman–Crippen LogP) is 2.60. The van der Waals surface area contributed by atoms with E-state index >= 15 is 0 Å². The van der Waals surface area contributed by atoms with Gasteiger partial charge < -0.3 is 15.2 Å². The number of rotatable bonds is 6. The zero-order valence-electron chi connectivity index (χ0n) is 12.9. The lowest BCUT2D eigenvalue weighted by molar-refractivity contribution is -0.154. The summed E-state index contributed by atoms with van der Waals surface area (Å²) in [6.45, 7) is 1.11. The van der Waals surface area contributed by atoms with E-state index in [0.717, 1.165) is 31.2 Å². The van der Waals surface area contributed by atoms with Gasteiger partial charge in [-0.05, 0) is 30.5 Å². The maximum absolute atomic E-state index is 12.1. The molecule has 1 aliphatic carbocycles. The maximum Gasteiger partial charge on any atom is 0.335 e. The molecule has 0 heterocycles. The number of hydrogen-bond acceptors (Lipinski definition) is 4. The van der Waals surface area contributed by atoms with Crippen LogP contribution < -0.4 is 5.32 Å². The molecule has 0 spiro atoms. The van der Waals surface area contributed by atoms with E-state index < -0.39 is 11.4 Å². The Morgan fingerprint density at radius 1 is 1.27 bits per heavy atom. The van der Waals surface area contributed by atoms with Gasteiger partial charge in [0.15, 0.2) is 0 Å². The van der Waals surface area contributed by atoms with Crippen molar-refractivity contribution in [3.05, 3.63) is 35.4 Å². The van der Waals surface area contributed by atoms with Crippen molar-refractivity contribution in [1.29, 1.82) is 0 Å². The molecule has 0 atom stereocenters. The third-order valence-corrected chi connectivity index (χ3v) is 4.40. The van der Waals surface area contributed by atoms with Crippen molar-refractivity contribution < 1.29 is 19.4 Å². The van der Waals surface area contributed by atoms with Crippen LogP contribution in [0.3, 0.4) is 0 Å². The van der Waals surface area contributed by atoms with Crippen molar-refractivity contribution in [2.75, 3.05) is 13.7 Å². The highest BCUT2D eigenvalue weighted by atomic mass is 16.5. The van der Waals surface area contributed by atoms with Crippen LogP contribution in [0.1, 0.15) is 48.0 Å². The lowest BCUT2D eigenvalue weighted by Gasteiger charge is -2.34. The summed E-state index contributed by atoms with van der Waals surface area (Å²) in [4.78, 5) is 23.1. The van der Waals surface area contributed by atoms with E-state index in [0.29, 0.717) is 13.1 Å². The van der Waals surface area contributed by atoms with Crippen LogP contribution in [0, 0.1) is 5.41 Å². The van der Waals surface area contributed by atoms with Gasteiger partial charge in [-0.2, -0.15) is 0 Å². The average Bonchev–Trinajstić information content (AvgIpc) is 2.55. The van der Waals surface area contributed by atoms with Gasteiger partial charge in [-0.3, -0.25) is 4.79 Å². The molecular weight excluding hydrogens is 282 g/mol. The van der Waals surface area contributed by atoms with E-state index in [4.69, 9.17) is 9.84 Å². The monoisotopic (exact) mass is 305 g/mol. The van der Waals surface area contributed by atoms with Crippen LogP contribution in [-0.2, 0) is 16.1 Å². The molecule has 2 rings (SSSR count). The molecule has 5 nitrogen and oxygen atoms in total. The van der Waals surface area contributed by atoms with Crippen molar-refractivity contribution in [3.63, 3.8) is 0 Å². The van der Waals surface area contributed by atoms with Crippen molar-refractivity contribution >= 4 is 11.9 Å². The summed E-state index contributed by atoms with van der Waals surface area (Å²) in [6.07, 6.45) is 4.96. The topological polar surface area (TPSA) is 75.6 Å². The Balaban J connectivity index is 1.97. The van der Waals surface area contributed by atoms with E-state index in [1.807, 2.05) is 6.07 Å². The Bertz CT molecular complexity index is 535. The second kappa shape index (κ2) is 7.40. The molecule has 1 fully saturated rings. The molecule has 2 N–H and O–H groups in total. The van der Waals surface area contributed by atoms with Gasteiger partial charge in [0.1, 0.15) is 0 Å². The normalized spacial score (nSPS) is 17.0. The predicted molar refractivity (Wildman–Crippen MR) is 82.6 cm³/mol. The molecule has 22 heavy (non-hydrogen) atoms. The quantitative estimate of drug-likeness (QED) is 0.790. The van der Waals surface area contributed by atoms with E-state index in [2.05, 4.69) is 5.32 Å². The number of nitrogens with one attached hydrogen (secondary N) is 1. The molecule has 0 saturated heterocycles. The van der Waals surface area contributed by atoms with E-state index in [-0.39, 0.29) is 11.5 Å². The molecule has 120 valence electrons. The van der Waals surface area contributed by atoms with Gasteiger partial charge in [0.2, 0.25) is 0 Å². The van der Waals surface area contributed by atoms with Crippen LogP contribution >= 0.6 is 0 Å². The number of aromatic carboxylic acids is 1. The standard InChI is InChI=1S/C17H23NO4/c1-22-16(21)17(8-3-2-4-9-17)12-18-11-13-6-5-7-14(10-13)15(19)20/h5-7,10,18H,2-4,8-9,11-12H2,1H3,(H,19,20). The molecule has 1 aliphatic rings. The molecule has 0 bridgehead atoms. The van der Waals surface area contributed by atoms with Crippen molar-refractivity contribution in [2.45, 2.75) is 38.6 Å². The number of carbonyl (C=O) groups is 2. The van der Waals surface area contributed by atoms with E-state index in [9.17, 15) is 9.59 Å². The molecule has 0 aliphatic heterocycles. The number of carboxylic acid groups (broad SMARTS) is 1. The number of benzene rings is 1. The fourth-order valence-electron chi connectivity index (χ4n) is 3.16. The summed E-state index contributed by atoms with van der Waals surface area (Å²) >= 11 is 0. The van der Waals surface area contributed by atoms with Crippen molar-refractivity contribution in [2.24, 2.45) is 5.41 Å². The highest BCUT2D eigenvalue weighted by Crippen LogP contribution is 2.36. The van der Waals surface area contributed by atoms with Crippen LogP contribution in [0.15, 0.2) is 24.3 Å². The van der Waals surface area contributed by atoms with Crippen LogP contribution in [0.5, 0.6) is 0 Å². The molecular formula is C17H23NO4. The minimum atomic E-state index is -0.930. The van der Waals surface area contributed by atoms with Gasteiger partial charge in [0.25, 0.3) is 0 Å². The Hall–Kier alpha value is -1.88. The molecule has 1 aromatic carbocycles. The Labute approximate surface area is 130 Å². The fourth-order valence-corrected chi connectivity index (χ4v) is 3.16. The first kappa shape index (κ1) is 16.5. The van der Waals surface area contributed by atoms with Crippen molar-refractivity contribution in [1.82, 2.24) is 5.32 Å². The SMILES string of the molecule is COC(=O)C1(CNCc2cccc(C(=O)O)c2)CCCCC1. The number of carbonyl (C=O) groups excluding carboxylic acids is 1. The summed E-state index contributed by atoms with van der Waals surface area (Å²) in [5.41, 5.74) is 0.743. The van der Waals surface area contributed by atoms with Crippen LogP contribution in [0.4, 0.5) is 0 Å². The second-order valence-corrected chi connectivity index (χ2v) is 5.94. The molecule has 0 amide bonds. The molecule has 0 aromatic heterocycles. The van der Waals surface area contributed by atoms with Gasteiger partial charge in [-0.1, -0.05) is 31.4 Å². The van der Waals surface area contributed by atoms with Crippen molar-refractivity contribution in [3.8, 4) is 0 Å². The first-order chi connectivity index (χ1) is 10.6. The number of hydrogen-bond donors (Lipinski definition) is 2. The van der Waals surface area contributed by atoms with Gasteiger partial charge in [-0.25, -0.2) is 4.79 Å². The third-order valence-electron chi connectivity index (χ3n) is 4.40. The highest BCUT2D eigenvalue weighted by molar-refractivity contribution is 5.87. The maximum atomic E-state index is 12.1. The molecule has 0 unspecified atom stereocenters. The Kier molecular flexibility index (Phi) is 5.55. The first-order valence-electron chi connectivity index (χ1n) is 7.69. The van der Waals surface area contributed by atoms with Gasteiger partial charge in [-0.15, -0.1) is 0 Å². The molecule has 1 aromatic rings. The van der Waals surface area contributed by atoms with Crippen LogP contribution in [-0.4, -0.2) is 30.7 Å². The van der Waals surface area contributed by atoms with Crippen LogP contribution in [0.2, 0.25) is 0 Å². The van der Waals surface area contributed by atoms with Crippen LogP contribution in [0.25, 0.3) is 0 Å². The van der Waals surface area contributed by atoms with Gasteiger partial charge >= 0.3 is 11.9 Å². The minimum absolute atomic E-state index is 0.140. The van der Waals surface area contributed by atoms with E-state index in [1.165, 1.54) is 13.5 Å². The minimum Gasteiger partial charge on any atom is -0.478 e. The molecule has 5 heteroatoms. The number of ether oxygens (including phenoxy) is 1. The molecule has 1 saturated carbocycles. The number of esters is 1. The number of methoxy groups -OCH3 is 1. The van der Waals surface area contributed by atoms with E-state index in [1.54, 1.807) is 18.2 Å². The summed E-state index contributed by atoms with van der Waals surface area (Å²) in [5, 5.41) is 12.3. The third kappa shape index (κ3) is 3.85. The smallest absolute Gasteiger partial charge is 0.335 e. The lowest BCUT2D eigenvalue weighted by atomic mass is 9.74. The second-order valence-electron chi connectivity index (χ2n) is 5.94. The van der Waals surface area contributed by atoms with Gasteiger partial charge in [0, 0.05) is 13.1 Å². The summed E-state index contributed by atoms with van der Waals surface area (Å²) in [7, 11) is 1.44. The zero-order chi connectivity index (χ0) is 16.0. The highest BCUT2D eigenvalue weighted by Gasteiger charge is 2.40. The summed E-state index contributed by atoms with van der Waals surface area (Å²) < 4.78 is 4.99. The Morgan fingerprint density at radius 2 is 2.00 bits per heavy atom. The molecule has 0 radical (unpaired) electrons. The fraction of sp³-hybridized carbons (Fsp3) is 0.529. The average molecular weight is 305 g/mol. The number of carboxylic acids is 1. The largest absolute Gasteiger partial charge is 0.478 e. The Morgan fingerprint density at radius 3 is 2.64 bits per heavy atom. The zero-order valence-corrected chi connectivity index (χ0v) is 12.9. The first-order valence-corrected chi connectivity index (χ1v) is 7.69. The summed E-state index contributed by atoms with van der Waals surface area (Å²) in [6, 6.07) is 6.84. The lowest BCUT2D eigenvalue weighted by Crippen LogP contribution is -2.43.